The van der Waals surface area contributed by atoms with Crippen LogP contribution in [0.2, 0.25) is 0 Å². The summed E-state index contributed by atoms with van der Waals surface area (Å²) in [5.41, 5.74) is 0.213. The van der Waals surface area contributed by atoms with Crippen LogP contribution < -0.4 is 4.90 Å². The maximum atomic E-state index is 11.4. The van der Waals surface area contributed by atoms with Crippen LogP contribution in [0.1, 0.15) is 28.3 Å². The van der Waals surface area contributed by atoms with Gasteiger partial charge < -0.3 is 9.64 Å². The van der Waals surface area contributed by atoms with Gasteiger partial charge >= 0.3 is 5.97 Å². The van der Waals surface area contributed by atoms with E-state index in [0.29, 0.717) is 5.82 Å². The van der Waals surface area contributed by atoms with Crippen LogP contribution in [0.4, 0.5) is 5.82 Å². The predicted octanol–water partition coefficient (Wildman–Crippen LogP) is 2.52. The smallest absolute Gasteiger partial charge is 0.358 e. The normalized spacial score (nSPS) is 11.9. The number of hydrogen-bond donors (Lipinski definition) is 0. The molecular weight excluding hydrogens is 262 g/mol. The highest BCUT2D eigenvalue weighted by molar-refractivity contribution is 7.10. The molecule has 0 aliphatic rings. The molecule has 0 amide bonds. The van der Waals surface area contributed by atoms with Gasteiger partial charge in [0.15, 0.2) is 5.69 Å². The number of nitrogens with zero attached hydrogens (tertiary/aromatic N) is 3. The first-order chi connectivity index (χ1) is 9.13. The number of thiophene rings is 1. The zero-order valence-corrected chi connectivity index (χ0v) is 11.8. The second-order valence-corrected chi connectivity index (χ2v) is 5.04. The van der Waals surface area contributed by atoms with E-state index >= 15 is 0 Å². The summed E-state index contributed by atoms with van der Waals surface area (Å²) in [6.07, 6.45) is 3.04. The van der Waals surface area contributed by atoms with Crippen LogP contribution in [0.5, 0.6) is 0 Å². The fourth-order valence-electron chi connectivity index (χ4n) is 1.65. The predicted molar refractivity (Wildman–Crippen MR) is 74.5 cm³/mol. The number of carbonyl (C=O) groups is 1. The summed E-state index contributed by atoms with van der Waals surface area (Å²) in [5.74, 6) is 0.162. The maximum absolute atomic E-state index is 11.4. The SMILES string of the molecule is COC(=O)c1cncc(N(C)C(C)c2cccs2)n1. The number of ether oxygens (including phenoxy) is 1. The molecule has 0 bridgehead atoms. The molecule has 1 unspecified atom stereocenters. The van der Waals surface area contributed by atoms with Crippen LogP contribution in [-0.4, -0.2) is 30.1 Å². The largest absolute Gasteiger partial charge is 0.464 e. The van der Waals surface area contributed by atoms with E-state index in [2.05, 4.69) is 27.7 Å². The topological polar surface area (TPSA) is 55.3 Å². The van der Waals surface area contributed by atoms with Gasteiger partial charge in [-0.1, -0.05) is 6.07 Å². The van der Waals surface area contributed by atoms with Gasteiger partial charge in [-0.2, -0.15) is 0 Å². The van der Waals surface area contributed by atoms with Crippen molar-refractivity contribution in [2.75, 3.05) is 19.1 Å². The molecule has 2 rings (SSSR count). The molecule has 0 aliphatic carbocycles. The fourth-order valence-corrected chi connectivity index (χ4v) is 2.47. The minimum absolute atomic E-state index is 0.169. The van der Waals surface area contributed by atoms with E-state index in [-0.39, 0.29) is 11.7 Å². The van der Waals surface area contributed by atoms with Crippen molar-refractivity contribution in [3.05, 3.63) is 40.5 Å². The first-order valence-electron chi connectivity index (χ1n) is 5.80. The summed E-state index contributed by atoms with van der Waals surface area (Å²) in [4.78, 5) is 23.0. The molecule has 0 aliphatic heterocycles. The number of rotatable bonds is 4. The zero-order chi connectivity index (χ0) is 13.8. The number of anilines is 1. The Labute approximate surface area is 115 Å². The Bertz CT molecular complexity index is 557. The Balaban J connectivity index is 2.24. The van der Waals surface area contributed by atoms with Crippen LogP contribution in [0.15, 0.2) is 29.9 Å². The molecule has 0 radical (unpaired) electrons. The lowest BCUT2D eigenvalue weighted by atomic mass is 10.2. The lowest BCUT2D eigenvalue weighted by Crippen LogP contribution is -2.23. The molecule has 2 aromatic rings. The molecule has 0 spiro atoms. The zero-order valence-electron chi connectivity index (χ0n) is 11.0. The number of hydrogen-bond acceptors (Lipinski definition) is 6. The Kier molecular flexibility index (Phi) is 4.11. The molecule has 0 fully saturated rings. The number of aromatic nitrogens is 2. The van der Waals surface area contributed by atoms with E-state index in [0.717, 1.165) is 0 Å². The molecule has 1 atom stereocenters. The molecule has 0 N–H and O–H groups in total. The quantitative estimate of drug-likeness (QED) is 0.804. The molecule has 0 saturated heterocycles. The van der Waals surface area contributed by atoms with Crippen LogP contribution in [0.25, 0.3) is 0 Å². The molecule has 19 heavy (non-hydrogen) atoms. The maximum Gasteiger partial charge on any atom is 0.358 e. The van der Waals surface area contributed by atoms with Crippen molar-refractivity contribution < 1.29 is 9.53 Å². The van der Waals surface area contributed by atoms with Gasteiger partial charge in [0, 0.05) is 11.9 Å². The average Bonchev–Trinajstić information content (AvgIpc) is 2.99. The molecule has 6 heteroatoms. The third-order valence-electron chi connectivity index (χ3n) is 2.91. The van der Waals surface area contributed by atoms with Crippen molar-refractivity contribution in [1.29, 1.82) is 0 Å². The third kappa shape index (κ3) is 2.90. The average molecular weight is 277 g/mol. The second kappa shape index (κ2) is 5.79. The van der Waals surface area contributed by atoms with Gasteiger partial charge in [0.05, 0.1) is 25.5 Å². The number of esters is 1. The number of carbonyl (C=O) groups excluding carboxylic acids is 1. The minimum Gasteiger partial charge on any atom is -0.464 e. The fraction of sp³-hybridized carbons (Fsp3) is 0.308. The molecule has 2 heterocycles. The van der Waals surface area contributed by atoms with E-state index in [1.165, 1.54) is 18.2 Å². The van der Waals surface area contributed by atoms with Crippen molar-refractivity contribution in [2.45, 2.75) is 13.0 Å². The van der Waals surface area contributed by atoms with Gasteiger partial charge in [0.1, 0.15) is 5.82 Å². The summed E-state index contributed by atoms with van der Waals surface area (Å²) in [6, 6.07) is 4.26. The molecule has 100 valence electrons. The highest BCUT2D eigenvalue weighted by atomic mass is 32.1. The van der Waals surface area contributed by atoms with E-state index in [9.17, 15) is 4.79 Å². The van der Waals surface area contributed by atoms with Gasteiger partial charge in [-0.25, -0.2) is 9.78 Å². The standard InChI is InChI=1S/C13H15N3O2S/c1-9(11-5-4-6-19-11)16(2)12-8-14-7-10(15-12)13(17)18-3/h4-9H,1-3H3. The summed E-state index contributed by atoms with van der Waals surface area (Å²) in [5, 5.41) is 2.04. The van der Waals surface area contributed by atoms with Crippen LogP contribution >= 0.6 is 11.3 Å². The van der Waals surface area contributed by atoms with Crippen molar-refractivity contribution in [2.24, 2.45) is 0 Å². The van der Waals surface area contributed by atoms with Crippen molar-refractivity contribution in [3.8, 4) is 0 Å². The van der Waals surface area contributed by atoms with Crippen molar-refractivity contribution >= 4 is 23.1 Å². The van der Waals surface area contributed by atoms with E-state index in [1.54, 1.807) is 17.5 Å². The van der Waals surface area contributed by atoms with Gasteiger partial charge in [0.2, 0.25) is 0 Å². The van der Waals surface area contributed by atoms with Crippen molar-refractivity contribution in [3.63, 3.8) is 0 Å². The van der Waals surface area contributed by atoms with Crippen LogP contribution in [0.3, 0.4) is 0 Å². The summed E-state index contributed by atoms with van der Waals surface area (Å²) in [6.45, 7) is 2.08. The van der Waals surface area contributed by atoms with E-state index < -0.39 is 5.97 Å². The Morgan fingerprint density at radius 2 is 2.26 bits per heavy atom. The first-order valence-corrected chi connectivity index (χ1v) is 6.68. The summed E-state index contributed by atoms with van der Waals surface area (Å²) >= 11 is 1.69. The minimum atomic E-state index is -0.480. The van der Waals surface area contributed by atoms with Gasteiger partial charge in [-0.15, -0.1) is 11.3 Å². The first kappa shape index (κ1) is 13.5. The van der Waals surface area contributed by atoms with Gasteiger partial charge in [-0.05, 0) is 18.4 Å². The summed E-state index contributed by atoms with van der Waals surface area (Å²) in [7, 11) is 3.25. The molecule has 5 nitrogen and oxygen atoms in total. The molecule has 0 saturated carbocycles. The second-order valence-electron chi connectivity index (χ2n) is 4.06. The highest BCUT2D eigenvalue weighted by Crippen LogP contribution is 2.26. The Morgan fingerprint density at radius 1 is 1.47 bits per heavy atom. The molecular formula is C13H15N3O2S. The van der Waals surface area contributed by atoms with Crippen molar-refractivity contribution in [1.82, 2.24) is 9.97 Å². The van der Waals surface area contributed by atoms with Gasteiger partial charge in [0.25, 0.3) is 0 Å². The third-order valence-corrected chi connectivity index (χ3v) is 3.96. The summed E-state index contributed by atoms with van der Waals surface area (Å²) < 4.78 is 4.65. The number of methoxy groups -OCH3 is 1. The van der Waals surface area contributed by atoms with Crippen LogP contribution in [0, 0.1) is 0 Å². The lowest BCUT2D eigenvalue weighted by molar-refractivity contribution is 0.0593. The Morgan fingerprint density at radius 3 is 2.89 bits per heavy atom. The Hall–Kier alpha value is -1.95. The monoisotopic (exact) mass is 277 g/mol. The highest BCUT2D eigenvalue weighted by Gasteiger charge is 2.16. The van der Waals surface area contributed by atoms with Crippen LogP contribution in [-0.2, 0) is 4.74 Å². The molecule has 2 aromatic heterocycles. The van der Waals surface area contributed by atoms with E-state index in [1.807, 2.05) is 23.4 Å². The van der Waals surface area contributed by atoms with Gasteiger partial charge in [-0.3, -0.25) is 4.98 Å². The van der Waals surface area contributed by atoms with E-state index in [4.69, 9.17) is 0 Å². The molecule has 0 aromatic carbocycles. The lowest BCUT2D eigenvalue weighted by Gasteiger charge is -2.24.